The summed E-state index contributed by atoms with van der Waals surface area (Å²) in [5.41, 5.74) is 22.7. The van der Waals surface area contributed by atoms with Crippen LogP contribution in [0, 0.1) is 12.1 Å². The number of pyridine rings is 3. The van der Waals surface area contributed by atoms with E-state index in [9.17, 15) is 5.11 Å². The van der Waals surface area contributed by atoms with Crippen molar-refractivity contribution in [3.8, 4) is 130 Å². The first-order valence-electron chi connectivity index (χ1n) is 42.6. The summed E-state index contributed by atoms with van der Waals surface area (Å²) in [6.45, 7) is 0. The molecule has 133 heavy (non-hydrogen) atoms. The Kier molecular flexibility index (Phi) is 25.9. The number of hydrogen-bond acceptors (Lipinski definition) is 9. The minimum Gasteiger partial charge on any atom is -0.509 e. The maximum absolute atomic E-state index is 9.60. The van der Waals surface area contributed by atoms with Gasteiger partial charge in [0.05, 0.1) is 52.0 Å². The molecular formula is C116H85BrN12O3Pt. The van der Waals surface area contributed by atoms with Gasteiger partial charge >= 0.3 is 21.1 Å². The van der Waals surface area contributed by atoms with Crippen molar-refractivity contribution in [2.45, 2.75) is 14.9 Å². The van der Waals surface area contributed by atoms with Crippen LogP contribution in [0.5, 0.6) is 28.7 Å². The van der Waals surface area contributed by atoms with E-state index in [-0.39, 0.29) is 41.7 Å². The maximum atomic E-state index is 9.60. The molecule has 1 N–H and O–H groups in total. The Balaban J connectivity index is 0.000000123. The van der Waals surface area contributed by atoms with Gasteiger partial charge in [0.1, 0.15) is 34.7 Å². The van der Waals surface area contributed by atoms with Crippen molar-refractivity contribution in [2.24, 2.45) is 0 Å². The first-order valence-corrected chi connectivity index (χ1v) is 43.3. The summed E-state index contributed by atoms with van der Waals surface area (Å²) < 4.78 is 25.8. The summed E-state index contributed by atoms with van der Waals surface area (Å²) >= 11 is 3.56. The number of rotatable bonds is 16. The van der Waals surface area contributed by atoms with Gasteiger partial charge in [-0.05, 0) is 164 Å². The minimum atomic E-state index is 0. The molecule has 0 amide bonds. The van der Waals surface area contributed by atoms with Crippen LogP contribution in [0.25, 0.3) is 167 Å². The van der Waals surface area contributed by atoms with Crippen molar-refractivity contribution >= 4 is 81.3 Å². The van der Waals surface area contributed by atoms with E-state index < -0.39 is 0 Å². The predicted octanol–water partition coefficient (Wildman–Crippen LogP) is 29.7. The molecular weight excluding hydrogens is 1880 g/mol. The summed E-state index contributed by atoms with van der Waals surface area (Å²) in [5.74, 6) is 5.55. The maximum Gasteiger partial charge on any atom is 2.00 e. The van der Waals surface area contributed by atoms with Crippen LogP contribution in [0.4, 0.5) is 0 Å². The van der Waals surface area contributed by atoms with Crippen LogP contribution in [-0.2, 0) is 21.1 Å². The summed E-state index contributed by atoms with van der Waals surface area (Å²) in [6, 6.07) is 144. The molecule has 15 aromatic carbocycles. The molecule has 24 rings (SSSR count). The van der Waals surface area contributed by atoms with Crippen LogP contribution in [0.1, 0.15) is 14.9 Å². The summed E-state index contributed by atoms with van der Waals surface area (Å²) in [7, 11) is 0. The Morgan fingerprint density at radius 2 is 0.632 bits per heavy atom. The second kappa shape index (κ2) is 39.5. The molecule has 0 aliphatic heterocycles. The van der Waals surface area contributed by atoms with Crippen molar-refractivity contribution < 1.29 is 35.6 Å². The Morgan fingerprint density at radius 1 is 0.263 bits per heavy atom. The third-order valence-electron chi connectivity index (χ3n) is 22.8. The zero-order valence-corrected chi connectivity index (χ0v) is 74.1. The minimum absolute atomic E-state index is 0. The number of halogens is 1. The van der Waals surface area contributed by atoms with Gasteiger partial charge in [-0.25, -0.2) is 24.3 Å². The third kappa shape index (κ3) is 18.6. The van der Waals surface area contributed by atoms with E-state index in [2.05, 4.69) is 309 Å². The fraction of sp³-hybridized carbons (Fsp3) is 0.0172. The first-order chi connectivity index (χ1) is 64.2. The predicted molar refractivity (Wildman–Crippen MR) is 540 cm³/mol. The summed E-state index contributed by atoms with van der Waals surface area (Å²) in [6.07, 6.45) is 17.1. The van der Waals surface area contributed by atoms with Crippen molar-refractivity contribution in [3.05, 3.63) is 479 Å². The van der Waals surface area contributed by atoms with Crippen molar-refractivity contribution in [2.75, 3.05) is 0 Å². The van der Waals surface area contributed by atoms with Crippen LogP contribution in [0.3, 0.4) is 0 Å². The van der Waals surface area contributed by atoms with Gasteiger partial charge in [0, 0.05) is 115 Å². The average molecular weight is 1970 g/mol. The molecule has 0 radical (unpaired) electrons. The second-order valence-corrected chi connectivity index (χ2v) is 31.9. The van der Waals surface area contributed by atoms with E-state index in [0.29, 0.717) is 11.5 Å². The Labute approximate surface area is 792 Å². The number of hydrogen-bond donors (Lipinski definition) is 1. The standard InChI is InChI=1S/C38H26N4O.C38H24N4O.C21H16N2O.C17H11BrN2.2CH4.Pt/c2*1-2-9-27(10-3-1)28-16-18-29(19-17-28)30-25-40-41(26-30)31-11-8-12-32(23-31)43-33-20-21-35-34-13-4-5-14-36(34)42(37(35)24-33)38-15-6-7-22-39-38;24-21-8-4-7-20(13-21)23-15-19(14-22-23)18-11-9-17(10-12-18)16-5-2-1-3-6-16;18-12-8-9-14-13-5-1-2-6-15(13)20(16(14)11-12)17-7-3-4-10-19-17;;;/h1-26H;1-22,25-26H;1-15,24H;1-11H;2*1H4;/q;-2;;;;;+2. The molecule has 0 aliphatic carbocycles. The van der Waals surface area contributed by atoms with Crippen LogP contribution >= 0.6 is 15.9 Å². The number of phenolic OH excluding ortho intramolecular Hbond substituents is 1. The quantitative estimate of drug-likeness (QED) is 0.0934. The van der Waals surface area contributed by atoms with Crippen LogP contribution < -0.4 is 9.47 Å². The van der Waals surface area contributed by atoms with Crippen molar-refractivity contribution in [1.29, 1.82) is 0 Å². The van der Waals surface area contributed by atoms with E-state index in [4.69, 9.17) is 9.47 Å². The molecule has 0 spiro atoms. The van der Waals surface area contributed by atoms with Gasteiger partial charge in [-0.15, -0.1) is 35.7 Å². The van der Waals surface area contributed by atoms with Gasteiger partial charge in [-0.3, -0.25) is 13.8 Å². The molecule has 644 valence electrons. The zero-order chi connectivity index (χ0) is 87.1. The van der Waals surface area contributed by atoms with Crippen LogP contribution in [0.15, 0.2) is 467 Å². The largest absolute Gasteiger partial charge is 2.00 e. The van der Waals surface area contributed by atoms with Gasteiger partial charge in [0.2, 0.25) is 0 Å². The number of phenols is 1. The first kappa shape index (κ1) is 87.1. The zero-order valence-electron chi connectivity index (χ0n) is 70.2. The van der Waals surface area contributed by atoms with E-state index in [0.717, 1.165) is 122 Å². The van der Waals surface area contributed by atoms with Gasteiger partial charge in [0.15, 0.2) is 0 Å². The van der Waals surface area contributed by atoms with E-state index in [1.165, 1.54) is 60.6 Å². The van der Waals surface area contributed by atoms with Crippen molar-refractivity contribution in [1.82, 2.24) is 58.0 Å². The van der Waals surface area contributed by atoms with Crippen molar-refractivity contribution in [3.63, 3.8) is 0 Å². The van der Waals surface area contributed by atoms with E-state index in [1.807, 2.05) is 211 Å². The van der Waals surface area contributed by atoms with Crippen LogP contribution in [0.2, 0.25) is 0 Å². The van der Waals surface area contributed by atoms with Gasteiger partial charge in [-0.2, -0.15) is 27.4 Å². The number of aromatic hydroxyl groups is 1. The van der Waals surface area contributed by atoms with Crippen LogP contribution in [-0.4, -0.2) is 63.1 Å². The monoisotopic (exact) mass is 1970 g/mol. The number of nitrogens with zero attached hydrogens (tertiary/aromatic N) is 12. The molecule has 17 heteroatoms. The Morgan fingerprint density at radius 3 is 1.12 bits per heavy atom. The molecule has 15 nitrogen and oxygen atoms in total. The van der Waals surface area contributed by atoms with Gasteiger partial charge in [0.25, 0.3) is 0 Å². The van der Waals surface area contributed by atoms with E-state index >= 15 is 0 Å². The molecule has 9 aromatic heterocycles. The topological polar surface area (TPSA) is 146 Å². The Hall–Kier alpha value is -16.7. The SMILES string of the molecule is Brc1ccc2c3ccccc3n(-c3ccccn3)c2c1.C.C.Oc1cccc(-n2cc(-c3ccc(-c4ccccc4)cc3)cn2)c1.[Pt+2].[c-]1c(Oc2[c-]c3c(cc2)c2ccccc2n3-c2ccccn2)cccc1-n1cc(-c2ccc(-c3ccccc3)cc2)cn1.c1ccc(-c2ccc(-c3cnn(-c4cccc(Oc5ccc6c7ccccc7n(-c7ccccn7)c6c5)c4)c3)cc2)cc1. The molecule has 24 aromatic rings. The molecule has 9 heterocycles. The molecule has 0 saturated heterocycles. The fourth-order valence-corrected chi connectivity index (χ4v) is 16.9. The smallest absolute Gasteiger partial charge is 0.509 e. The number of para-hydroxylation sites is 3. The average Bonchev–Trinajstić information content (AvgIpc) is 1.60. The normalized spacial score (nSPS) is 10.9. The number of aromatic nitrogens is 12. The van der Waals surface area contributed by atoms with Gasteiger partial charge in [-0.1, -0.05) is 291 Å². The fourth-order valence-electron chi connectivity index (χ4n) is 16.6. The second-order valence-electron chi connectivity index (χ2n) is 31.0. The van der Waals surface area contributed by atoms with E-state index in [1.54, 1.807) is 29.1 Å². The molecule has 0 bridgehead atoms. The number of ether oxygens (including phenoxy) is 2. The Bertz CT molecular complexity index is 7790. The third-order valence-corrected chi connectivity index (χ3v) is 23.3. The molecule has 0 fully saturated rings. The molecule has 0 aliphatic rings. The van der Waals surface area contributed by atoms with Gasteiger partial charge < -0.3 is 19.1 Å². The number of fused-ring (bicyclic) bond motifs is 9. The summed E-state index contributed by atoms with van der Waals surface area (Å²) in [4.78, 5) is 13.7. The summed E-state index contributed by atoms with van der Waals surface area (Å²) in [5, 5.41) is 30.3. The molecule has 0 saturated carbocycles. The molecule has 0 atom stereocenters. The number of benzene rings is 15. The molecule has 0 unspecified atom stereocenters.